The van der Waals surface area contributed by atoms with Crippen molar-refractivity contribution < 1.29 is 0 Å². The van der Waals surface area contributed by atoms with Gasteiger partial charge in [0, 0.05) is 17.6 Å². The number of nitrogens with zero attached hydrogens (tertiary/aromatic N) is 1. The van der Waals surface area contributed by atoms with Crippen molar-refractivity contribution in [1.82, 2.24) is 5.32 Å². The number of rotatable bonds is 5. The van der Waals surface area contributed by atoms with Crippen LogP contribution in [-0.4, -0.2) is 26.2 Å². The molecule has 3 heteroatoms. The van der Waals surface area contributed by atoms with Crippen LogP contribution in [0.3, 0.4) is 0 Å². The molecule has 0 aliphatic carbocycles. The predicted octanol–water partition coefficient (Wildman–Crippen LogP) is 3.52. The molecule has 18 heavy (non-hydrogen) atoms. The molecule has 0 amide bonds. The lowest BCUT2D eigenvalue weighted by molar-refractivity contribution is 0.477. The molecule has 0 bridgehead atoms. The Hall–Kier alpha value is -0.540. The van der Waals surface area contributed by atoms with E-state index in [0.717, 1.165) is 24.9 Å². The highest BCUT2D eigenvalue weighted by Gasteiger charge is 2.23. The van der Waals surface area contributed by atoms with Gasteiger partial charge in [0.25, 0.3) is 0 Å². The van der Waals surface area contributed by atoms with Gasteiger partial charge in [0.1, 0.15) is 0 Å². The first-order valence-electron chi connectivity index (χ1n) is 6.87. The molecule has 1 atom stereocenters. The average Bonchev–Trinajstić information content (AvgIpc) is 2.78. The van der Waals surface area contributed by atoms with E-state index in [2.05, 4.69) is 64.3 Å². The first-order chi connectivity index (χ1) is 8.66. The fourth-order valence-corrected chi connectivity index (χ4v) is 3.04. The second-order valence-corrected chi connectivity index (χ2v) is 6.46. The van der Waals surface area contributed by atoms with Crippen molar-refractivity contribution in [2.24, 2.45) is 11.8 Å². The van der Waals surface area contributed by atoms with Crippen molar-refractivity contribution in [3.8, 4) is 0 Å². The Balaban J connectivity index is 1.83. The summed E-state index contributed by atoms with van der Waals surface area (Å²) in [6.45, 7) is 9.15. The van der Waals surface area contributed by atoms with E-state index in [0.29, 0.717) is 0 Å². The Morgan fingerprint density at radius 2 is 2.17 bits per heavy atom. The average molecular weight is 311 g/mol. The van der Waals surface area contributed by atoms with Crippen LogP contribution >= 0.6 is 15.9 Å². The molecule has 1 fully saturated rings. The number of nitrogens with one attached hydrogen (secondary N) is 1. The lowest BCUT2D eigenvalue weighted by Crippen LogP contribution is -2.28. The fourth-order valence-electron chi connectivity index (χ4n) is 2.50. The minimum atomic E-state index is 0.741. The summed E-state index contributed by atoms with van der Waals surface area (Å²) in [6, 6.07) is 8.52. The Kier molecular flexibility index (Phi) is 5.07. The number of anilines is 1. The predicted molar refractivity (Wildman–Crippen MR) is 82.2 cm³/mol. The molecule has 1 heterocycles. The highest BCUT2D eigenvalue weighted by Crippen LogP contribution is 2.30. The molecule has 0 aromatic heterocycles. The van der Waals surface area contributed by atoms with Gasteiger partial charge in [0.2, 0.25) is 0 Å². The summed E-state index contributed by atoms with van der Waals surface area (Å²) in [7, 11) is 0. The van der Waals surface area contributed by atoms with Gasteiger partial charge in [-0.1, -0.05) is 26.0 Å². The molecule has 1 unspecified atom stereocenters. The zero-order chi connectivity index (χ0) is 13.0. The maximum absolute atomic E-state index is 3.64. The van der Waals surface area contributed by atoms with E-state index in [-0.39, 0.29) is 0 Å². The summed E-state index contributed by atoms with van der Waals surface area (Å²) in [5, 5.41) is 3.58. The molecule has 100 valence electrons. The third-order valence-corrected chi connectivity index (χ3v) is 4.14. The van der Waals surface area contributed by atoms with E-state index >= 15 is 0 Å². The third-order valence-electron chi connectivity index (χ3n) is 3.46. The minimum absolute atomic E-state index is 0.741. The number of benzene rings is 1. The van der Waals surface area contributed by atoms with Gasteiger partial charge in [-0.15, -0.1) is 0 Å². The van der Waals surface area contributed by atoms with Crippen LogP contribution in [0.2, 0.25) is 0 Å². The van der Waals surface area contributed by atoms with Crippen LogP contribution in [0.5, 0.6) is 0 Å². The number of para-hydroxylation sites is 1. The van der Waals surface area contributed by atoms with Crippen molar-refractivity contribution in [3.05, 3.63) is 28.7 Å². The molecule has 0 radical (unpaired) electrons. The molecule has 0 saturated carbocycles. The molecular weight excluding hydrogens is 288 g/mol. The number of halogens is 1. The normalized spacial score (nSPS) is 19.8. The quantitative estimate of drug-likeness (QED) is 0.895. The summed E-state index contributed by atoms with van der Waals surface area (Å²) in [6.07, 6.45) is 1.30. The van der Waals surface area contributed by atoms with E-state index in [1.165, 1.54) is 29.7 Å². The second-order valence-electron chi connectivity index (χ2n) is 5.60. The SMILES string of the molecule is CC(C)CNCC1CCN(c2ccccc2Br)C1. The maximum atomic E-state index is 3.64. The smallest absolute Gasteiger partial charge is 0.0510 e. The summed E-state index contributed by atoms with van der Waals surface area (Å²) in [5.74, 6) is 1.53. The molecule has 1 N–H and O–H groups in total. The largest absolute Gasteiger partial charge is 0.370 e. The minimum Gasteiger partial charge on any atom is -0.370 e. The monoisotopic (exact) mass is 310 g/mol. The summed E-state index contributed by atoms with van der Waals surface area (Å²) >= 11 is 3.64. The van der Waals surface area contributed by atoms with E-state index in [4.69, 9.17) is 0 Å². The topological polar surface area (TPSA) is 15.3 Å². The van der Waals surface area contributed by atoms with Crippen LogP contribution in [0, 0.1) is 11.8 Å². The summed E-state index contributed by atoms with van der Waals surface area (Å²) in [5.41, 5.74) is 1.34. The van der Waals surface area contributed by atoms with Crippen molar-refractivity contribution in [2.45, 2.75) is 20.3 Å². The van der Waals surface area contributed by atoms with Crippen LogP contribution < -0.4 is 10.2 Å². The molecule has 1 aromatic rings. The standard InChI is InChI=1S/C15H23BrN2/c1-12(2)9-17-10-13-7-8-18(11-13)15-6-4-3-5-14(15)16/h3-6,12-13,17H,7-11H2,1-2H3. The van der Waals surface area contributed by atoms with Gasteiger partial charge < -0.3 is 10.2 Å². The van der Waals surface area contributed by atoms with Gasteiger partial charge in [-0.2, -0.15) is 0 Å². The Labute approximate surface area is 119 Å². The van der Waals surface area contributed by atoms with Crippen molar-refractivity contribution in [1.29, 1.82) is 0 Å². The van der Waals surface area contributed by atoms with E-state index in [1.54, 1.807) is 0 Å². The van der Waals surface area contributed by atoms with Crippen molar-refractivity contribution >= 4 is 21.6 Å². The van der Waals surface area contributed by atoms with Crippen molar-refractivity contribution in [2.75, 3.05) is 31.1 Å². The zero-order valence-corrected chi connectivity index (χ0v) is 12.9. The first-order valence-corrected chi connectivity index (χ1v) is 7.66. The van der Waals surface area contributed by atoms with Gasteiger partial charge in [0.05, 0.1) is 5.69 Å². The number of hydrogen-bond donors (Lipinski definition) is 1. The highest BCUT2D eigenvalue weighted by atomic mass is 79.9. The van der Waals surface area contributed by atoms with Crippen LogP contribution in [0.15, 0.2) is 28.7 Å². The van der Waals surface area contributed by atoms with Crippen molar-refractivity contribution in [3.63, 3.8) is 0 Å². The zero-order valence-electron chi connectivity index (χ0n) is 11.3. The maximum Gasteiger partial charge on any atom is 0.0510 e. The summed E-state index contributed by atoms with van der Waals surface area (Å²) in [4.78, 5) is 2.49. The molecule has 2 rings (SSSR count). The van der Waals surface area contributed by atoms with Crippen LogP contribution in [0.1, 0.15) is 20.3 Å². The fraction of sp³-hybridized carbons (Fsp3) is 0.600. The van der Waals surface area contributed by atoms with Crippen LogP contribution in [0.4, 0.5) is 5.69 Å². The highest BCUT2D eigenvalue weighted by molar-refractivity contribution is 9.10. The molecule has 1 aliphatic rings. The van der Waals surface area contributed by atoms with Gasteiger partial charge >= 0.3 is 0 Å². The lowest BCUT2D eigenvalue weighted by atomic mass is 10.1. The second kappa shape index (κ2) is 6.58. The summed E-state index contributed by atoms with van der Waals surface area (Å²) < 4.78 is 1.21. The lowest BCUT2D eigenvalue weighted by Gasteiger charge is -2.20. The Morgan fingerprint density at radius 1 is 1.39 bits per heavy atom. The Bertz CT molecular complexity index is 379. The molecule has 1 saturated heterocycles. The molecule has 1 aromatic carbocycles. The van der Waals surface area contributed by atoms with E-state index < -0.39 is 0 Å². The van der Waals surface area contributed by atoms with Gasteiger partial charge in [-0.3, -0.25) is 0 Å². The van der Waals surface area contributed by atoms with Crippen LogP contribution in [0.25, 0.3) is 0 Å². The van der Waals surface area contributed by atoms with Gasteiger partial charge in [-0.05, 0) is 59.4 Å². The van der Waals surface area contributed by atoms with Gasteiger partial charge in [-0.25, -0.2) is 0 Å². The Morgan fingerprint density at radius 3 is 2.89 bits per heavy atom. The number of hydrogen-bond acceptors (Lipinski definition) is 2. The van der Waals surface area contributed by atoms with E-state index in [9.17, 15) is 0 Å². The van der Waals surface area contributed by atoms with Gasteiger partial charge in [0.15, 0.2) is 0 Å². The molecule has 0 spiro atoms. The molecule has 1 aliphatic heterocycles. The third kappa shape index (κ3) is 3.72. The molecule has 2 nitrogen and oxygen atoms in total. The molecular formula is C15H23BrN2. The van der Waals surface area contributed by atoms with Crippen LogP contribution in [-0.2, 0) is 0 Å². The first kappa shape index (κ1) is 13.9. The van der Waals surface area contributed by atoms with E-state index in [1.807, 2.05) is 0 Å².